The number of rotatable bonds is 4. The summed E-state index contributed by atoms with van der Waals surface area (Å²) in [7, 11) is 1.78. The van der Waals surface area contributed by atoms with Crippen molar-refractivity contribution in [2.45, 2.75) is 25.3 Å². The molecule has 5 heteroatoms. The molecule has 0 saturated heterocycles. The molecule has 1 heterocycles. The highest BCUT2D eigenvalue weighted by Gasteiger charge is 2.29. The molecule has 0 aromatic carbocycles. The van der Waals surface area contributed by atoms with Crippen molar-refractivity contribution in [1.29, 1.82) is 0 Å². The summed E-state index contributed by atoms with van der Waals surface area (Å²) in [4.78, 5) is 10.6. The number of hydrogen-bond donors (Lipinski definition) is 2. The summed E-state index contributed by atoms with van der Waals surface area (Å²) in [6.07, 6.45) is 3.87. The number of nitrogens with two attached hydrogens (primary N) is 1. The van der Waals surface area contributed by atoms with Gasteiger partial charge in [0.2, 0.25) is 0 Å². The topological polar surface area (TPSA) is 81.1 Å². The Morgan fingerprint density at radius 3 is 2.79 bits per heavy atom. The van der Waals surface area contributed by atoms with Crippen molar-refractivity contribution in [1.82, 2.24) is 9.78 Å². The summed E-state index contributed by atoms with van der Waals surface area (Å²) < 4.78 is 1.62. The summed E-state index contributed by atoms with van der Waals surface area (Å²) in [6, 6.07) is 0. The van der Waals surface area contributed by atoms with E-state index in [-0.39, 0.29) is 6.42 Å². The first-order valence-electron chi connectivity index (χ1n) is 4.48. The Kier molecular flexibility index (Phi) is 2.90. The molecule has 0 bridgehead atoms. The number of carboxylic acid groups (broad SMARTS) is 1. The Hall–Kier alpha value is -1.36. The smallest absolute Gasteiger partial charge is 0.305 e. The molecule has 1 rings (SSSR count). The maximum Gasteiger partial charge on any atom is 0.305 e. The highest BCUT2D eigenvalue weighted by Crippen LogP contribution is 2.25. The lowest BCUT2D eigenvalue weighted by atomic mass is 9.87. The van der Waals surface area contributed by atoms with E-state index in [2.05, 4.69) is 5.10 Å². The molecule has 1 atom stereocenters. The molecule has 14 heavy (non-hydrogen) atoms. The fourth-order valence-electron chi connectivity index (χ4n) is 1.38. The Labute approximate surface area is 82.5 Å². The lowest BCUT2D eigenvalue weighted by Gasteiger charge is -2.24. The van der Waals surface area contributed by atoms with E-state index in [0.29, 0.717) is 6.42 Å². The second-order valence-electron chi connectivity index (χ2n) is 3.48. The van der Waals surface area contributed by atoms with Crippen LogP contribution in [0.15, 0.2) is 12.4 Å². The molecule has 5 nitrogen and oxygen atoms in total. The van der Waals surface area contributed by atoms with Gasteiger partial charge in [-0.1, -0.05) is 6.92 Å². The molecule has 78 valence electrons. The third-order valence-electron chi connectivity index (χ3n) is 2.38. The van der Waals surface area contributed by atoms with Crippen LogP contribution in [0.1, 0.15) is 25.3 Å². The second-order valence-corrected chi connectivity index (χ2v) is 3.48. The van der Waals surface area contributed by atoms with Crippen LogP contribution in [-0.2, 0) is 17.4 Å². The van der Waals surface area contributed by atoms with Gasteiger partial charge in [0.1, 0.15) is 0 Å². The Morgan fingerprint density at radius 2 is 2.43 bits per heavy atom. The van der Waals surface area contributed by atoms with Crippen LogP contribution in [0.3, 0.4) is 0 Å². The summed E-state index contributed by atoms with van der Waals surface area (Å²) in [6.45, 7) is 1.87. The predicted octanol–water partition coefficient (Wildman–Crippen LogP) is 0.459. The van der Waals surface area contributed by atoms with E-state index >= 15 is 0 Å². The Balaban J connectivity index is 2.94. The SMILES string of the molecule is CCC(N)(CC(=O)O)c1cnn(C)c1. The van der Waals surface area contributed by atoms with Crippen molar-refractivity contribution >= 4 is 5.97 Å². The van der Waals surface area contributed by atoms with Gasteiger partial charge < -0.3 is 10.8 Å². The third kappa shape index (κ3) is 2.11. The first-order chi connectivity index (χ1) is 6.48. The highest BCUT2D eigenvalue weighted by molar-refractivity contribution is 5.68. The number of nitrogens with zero attached hydrogens (tertiary/aromatic N) is 2. The minimum Gasteiger partial charge on any atom is -0.481 e. The van der Waals surface area contributed by atoms with Gasteiger partial charge in [-0.05, 0) is 6.42 Å². The molecule has 0 aliphatic heterocycles. The molecule has 3 N–H and O–H groups in total. The largest absolute Gasteiger partial charge is 0.481 e. The molecule has 1 unspecified atom stereocenters. The van der Waals surface area contributed by atoms with Crippen molar-refractivity contribution in [2.24, 2.45) is 12.8 Å². The Bertz CT molecular complexity index is 335. The minimum absolute atomic E-state index is 0.0742. The molecule has 0 fully saturated rings. The first-order valence-corrected chi connectivity index (χ1v) is 4.48. The van der Waals surface area contributed by atoms with Gasteiger partial charge in [0.25, 0.3) is 0 Å². The predicted molar refractivity (Wildman–Crippen MR) is 51.6 cm³/mol. The highest BCUT2D eigenvalue weighted by atomic mass is 16.4. The lowest BCUT2D eigenvalue weighted by molar-refractivity contribution is -0.138. The van der Waals surface area contributed by atoms with Crippen LogP contribution >= 0.6 is 0 Å². The van der Waals surface area contributed by atoms with Crippen LogP contribution < -0.4 is 5.73 Å². The van der Waals surface area contributed by atoms with Crippen LogP contribution in [0.5, 0.6) is 0 Å². The van der Waals surface area contributed by atoms with E-state index in [1.165, 1.54) is 0 Å². The van der Waals surface area contributed by atoms with Crippen molar-refractivity contribution in [2.75, 3.05) is 0 Å². The van der Waals surface area contributed by atoms with Gasteiger partial charge >= 0.3 is 5.97 Å². The standard InChI is InChI=1S/C9H15N3O2/c1-3-9(10,4-8(13)14)7-5-11-12(2)6-7/h5-6H,3-4,10H2,1-2H3,(H,13,14). The maximum atomic E-state index is 10.6. The fraction of sp³-hybridized carbons (Fsp3) is 0.556. The molecule has 0 radical (unpaired) electrons. The molecular weight excluding hydrogens is 182 g/mol. The summed E-state index contributed by atoms with van der Waals surface area (Å²) >= 11 is 0. The van der Waals surface area contributed by atoms with E-state index in [1.54, 1.807) is 24.1 Å². The van der Waals surface area contributed by atoms with Crippen LogP contribution in [0.4, 0.5) is 0 Å². The van der Waals surface area contributed by atoms with E-state index in [0.717, 1.165) is 5.56 Å². The zero-order valence-electron chi connectivity index (χ0n) is 8.40. The Morgan fingerprint density at radius 1 is 1.79 bits per heavy atom. The van der Waals surface area contributed by atoms with Gasteiger partial charge in [-0.3, -0.25) is 9.48 Å². The van der Waals surface area contributed by atoms with Crippen molar-refractivity contribution in [3.8, 4) is 0 Å². The minimum atomic E-state index is -0.891. The van der Waals surface area contributed by atoms with Gasteiger partial charge in [-0.2, -0.15) is 5.10 Å². The lowest BCUT2D eigenvalue weighted by Crippen LogP contribution is -2.38. The van der Waals surface area contributed by atoms with E-state index in [4.69, 9.17) is 10.8 Å². The molecule has 1 aromatic heterocycles. The monoisotopic (exact) mass is 197 g/mol. The normalized spacial score (nSPS) is 15.1. The van der Waals surface area contributed by atoms with Gasteiger partial charge in [-0.25, -0.2) is 0 Å². The number of carboxylic acids is 1. The van der Waals surface area contributed by atoms with Crippen LogP contribution in [-0.4, -0.2) is 20.9 Å². The van der Waals surface area contributed by atoms with E-state index < -0.39 is 11.5 Å². The molecular formula is C9H15N3O2. The number of aliphatic carboxylic acids is 1. The van der Waals surface area contributed by atoms with E-state index in [9.17, 15) is 4.79 Å². The van der Waals surface area contributed by atoms with Crippen molar-refractivity contribution in [3.63, 3.8) is 0 Å². The van der Waals surface area contributed by atoms with Gasteiger partial charge in [0, 0.05) is 18.8 Å². The number of aryl methyl sites for hydroxylation is 1. The average Bonchev–Trinajstić information content (AvgIpc) is 2.51. The number of hydrogen-bond acceptors (Lipinski definition) is 3. The van der Waals surface area contributed by atoms with E-state index in [1.807, 2.05) is 6.92 Å². The molecule has 1 aromatic rings. The fourth-order valence-corrected chi connectivity index (χ4v) is 1.38. The molecule has 0 aliphatic carbocycles. The third-order valence-corrected chi connectivity index (χ3v) is 2.38. The summed E-state index contributed by atoms with van der Waals surface area (Å²) in [5, 5.41) is 12.7. The molecule has 0 spiro atoms. The van der Waals surface area contributed by atoms with Gasteiger partial charge in [-0.15, -0.1) is 0 Å². The van der Waals surface area contributed by atoms with Gasteiger partial charge in [0.05, 0.1) is 18.2 Å². The average molecular weight is 197 g/mol. The van der Waals surface area contributed by atoms with Crippen molar-refractivity contribution < 1.29 is 9.90 Å². The molecule has 0 saturated carbocycles. The van der Waals surface area contributed by atoms with Crippen LogP contribution in [0.2, 0.25) is 0 Å². The summed E-state index contributed by atoms with van der Waals surface area (Å²) in [5.74, 6) is -0.891. The summed E-state index contributed by atoms with van der Waals surface area (Å²) in [5.41, 5.74) is 5.96. The van der Waals surface area contributed by atoms with Crippen molar-refractivity contribution in [3.05, 3.63) is 18.0 Å². The maximum absolute atomic E-state index is 10.6. The van der Waals surface area contributed by atoms with Gasteiger partial charge in [0.15, 0.2) is 0 Å². The van der Waals surface area contributed by atoms with Crippen LogP contribution in [0.25, 0.3) is 0 Å². The molecule has 0 aliphatic rings. The number of aromatic nitrogens is 2. The first kappa shape index (κ1) is 10.7. The zero-order chi connectivity index (χ0) is 10.8. The van der Waals surface area contributed by atoms with Crippen LogP contribution in [0, 0.1) is 0 Å². The zero-order valence-corrected chi connectivity index (χ0v) is 8.40. The molecule has 0 amide bonds. The number of carbonyl (C=O) groups is 1. The quantitative estimate of drug-likeness (QED) is 0.734. The second kappa shape index (κ2) is 3.79.